The zero-order valence-corrected chi connectivity index (χ0v) is 17.7. The van der Waals surface area contributed by atoms with Gasteiger partial charge in [0.15, 0.2) is 0 Å². The fraction of sp³-hybridized carbons (Fsp3) is 0.435. The van der Waals surface area contributed by atoms with Crippen molar-refractivity contribution in [1.29, 1.82) is 0 Å². The van der Waals surface area contributed by atoms with Gasteiger partial charge >= 0.3 is 5.97 Å². The normalized spacial score (nSPS) is 9.75. The topological polar surface area (TPSA) is 48.0 Å². The largest absolute Gasteiger partial charge is 0.495 e. The molecule has 2 aromatic carbocycles. The van der Waals surface area contributed by atoms with Crippen LogP contribution in [0.15, 0.2) is 48.5 Å². The number of methoxy groups -OCH3 is 2. The number of esters is 1. The van der Waals surface area contributed by atoms with Crippen LogP contribution in [-0.2, 0) is 16.1 Å². The molecular formula is C23H33NO4. The van der Waals surface area contributed by atoms with E-state index in [1.165, 1.54) is 7.11 Å². The number of rotatable bonds is 10. The van der Waals surface area contributed by atoms with Crippen LogP contribution in [0, 0.1) is 0 Å². The van der Waals surface area contributed by atoms with Crippen molar-refractivity contribution in [3.05, 3.63) is 54.1 Å². The summed E-state index contributed by atoms with van der Waals surface area (Å²) >= 11 is 0. The van der Waals surface area contributed by atoms with E-state index < -0.39 is 0 Å². The van der Waals surface area contributed by atoms with Gasteiger partial charge in [-0.2, -0.15) is 0 Å². The molecule has 2 aromatic rings. The third kappa shape index (κ3) is 7.51. The Morgan fingerprint density at radius 1 is 1.04 bits per heavy atom. The maximum Gasteiger partial charge on any atom is 0.305 e. The SMILES string of the molecule is CC.CCN(CCCC(=O)OC)c1cc(OCc2ccccc2)ccc1OC. The molecule has 2 rings (SSSR count). The van der Waals surface area contributed by atoms with Crippen LogP contribution in [0.25, 0.3) is 0 Å². The van der Waals surface area contributed by atoms with Gasteiger partial charge in [0, 0.05) is 25.6 Å². The van der Waals surface area contributed by atoms with Crippen LogP contribution >= 0.6 is 0 Å². The van der Waals surface area contributed by atoms with Gasteiger partial charge in [0.1, 0.15) is 18.1 Å². The quantitative estimate of drug-likeness (QED) is 0.532. The van der Waals surface area contributed by atoms with E-state index in [1.54, 1.807) is 7.11 Å². The Morgan fingerprint density at radius 3 is 2.36 bits per heavy atom. The van der Waals surface area contributed by atoms with Crippen LogP contribution in [0.4, 0.5) is 5.69 Å². The lowest BCUT2D eigenvalue weighted by atomic mass is 10.2. The average molecular weight is 388 g/mol. The Hall–Kier alpha value is -2.69. The van der Waals surface area contributed by atoms with Crippen molar-refractivity contribution < 1.29 is 19.0 Å². The summed E-state index contributed by atoms with van der Waals surface area (Å²) in [6.07, 6.45) is 1.12. The van der Waals surface area contributed by atoms with Crippen molar-refractivity contribution in [2.24, 2.45) is 0 Å². The highest BCUT2D eigenvalue weighted by atomic mass is 16.5. The van der Waals surface area contributed by atoms with Gasteiger partial charge in [-0.05, 0) is 31.0 Å². The molecule has 0 aliphatic heterocycles. The number of anilines is 1. The highest BCUT2D eigenvalue weighted by molar-refractivity contribution is 5.69. The Labute approximate surface area is 169 Å². The molecule has 0 amide bonds. The molecule has 0 bridgehead atoms. The standard InChI is InChI=1S/C21H27NO4.C2H6/c1-4-22(14-8-11-21(23)25-3)19-15-18(12-13-20(19)24-2)26-16-17-9-6-5-7-10-17;1-2/h5-7,9-10,12-13,15H,4,8,11,14,16H2,1-3H3;1-2H3. The Kier molecular flexibility index (Phi) is 11.2. The van der Waals surface area contributed by atoms with Gasteiger partial charge in [-0.1, -0.05) is 44.2 Å². The molecular weight excluding hydrogens is 354 g/mol. The molecule has 0 aromatic heterocycles. The zero-order chi connectivity index (χ0) is 20.8. The van der Waals surface area contributed by atoms with Gasteiger partial charge in [-0.3, -0.25) is 4.79 Å². The minimum atomic E-state index is -0.187. The Balaban J connectivity index is 0.00000190. The third-order valence-electron chi connectivity index (χ3n) is 4.16. The first-order chi connectivity index (χ1) is 13.7. The van der Waals surface area contributed by atoms with Gasteiger partial charge in [0.2, 0.25) is 0 Å². The second-order valence-corrected chi connectivity index (χ2v) is 5.87. The Morgan fingerprint density at radius 2 is 1.75 bits per heavy atom. The molecule has 0 spiro atoms. The summed E-state index contributed by atoms with van der Waals surface area (Å²) in [5.41, 5.74) is 2.08. The number of benzene rings is 2. The van der Waals surface area contributed by atoms with Gasteiger partial charge < -0.3 is 19.1 Å². The maximum atomic E-state index is 11.3. The Bertz CT molecular complexity index is 688. The molecule has 0 saturated heterocycles. The highest BCUT2D eigenvalue weighted by Crippen LogP contribution is 2.33. The number of hydrogen-bond donors (Lipinski definition) is 0. The summed E-state index contributed by atoms with van der Waals surface area (Å²) < 4.78 is 16.1. The fourth-order valence-electron chi connectivity index (χ4n) is 2.71. The average Bonchev–Trinajstić information content (AvgIpc) is 2.77. The molecule has 0 fully saturated rings. The second-order valence-electron chi connectivity index (χ2n) is 5.87. The van der Waals surface area contributed by atoms with Crippen molar-refractivity contribution in [2.75, 3.05) is 32.2 Å². The summed E-state index contributed by atoms with van der Waals surface area (Å²) in [4.78, 5) is 13.5. The summed E-state index contributed by atoms with van der Waals surface area (Å²) in [6.45, 7) is 8.14. The van der Waals surface area contributed by atoms with Crippen LogP contribution in [0.2, 0.25) is 0 Å². The lowest BCUT2D eigenvalue weighted by Gasteiger charge is -2.25. The molecule has 0 aliphatic rings. The van der Waals surface area contributed by atoms with Crippen LogP contribution in [0.5, 0.6) is 11.5 Å². The molecule has 0 radical (unpaired) electrons. The van der Waals surface area contributed by atoms with Gasteiger partial charge in [-0.25, -0.2) is 0 Å². The lowest BCUT2D eigenvalue weighted by molar-refractivity contribution is -0.140. The maximum absolute atomic E-state index is 11.3. The zero-order valence-electron chi connectivity index (χ0n) is 17.7. The fourth-order valence-corrected chi connectivity index (χ4v) is 2.71. The summed E-state index contributed by atoms with van der Waals surface area (Å²) in [5.74, 6) is 1.39. The van der Waals surface area contributed by atoms with E-state index in [9.17, 15) is 4.79 Å². The third-order valence-corrected chi connectivity index (χ3v) is 4.16. The summed E-state index contributed by atoms with van der Waals surface area (Å²) in [6, 6.07) is 15.9. The molecule has 0 atom stereocenters. The molecule has 0 aliphatic carbocycles. The molecule has 154 valence electrons. The number of carbonyl (C=O) groups is 1. The van der Waals surface area contributed by atoms with Crippen molar-refractivity contribution in [2.45, 2.75) is 40.2 Å². The van der Waals surface area contributed by atoms with E-state index in [0.717, 1.165) is 42.3 Å². The first-order valence-corrected chi connectivity index (χ1v) is 9.84. The van der Waals surface area contributed by atoms with E-state index in [2.05, 4.69) is 11.8 Å². The highest BCUT2D eigenvalue weighted by Gasteiger charge is 2.13. The van der Waals surface area contributed by atoms with E-state index in [-0.39, 0.29) is 5.97 Å². The van der Waals surface area contributed by atoms with Crippen molar-refractivity contribution >= 4 is 11.7 Å². The molecule has 5 heteroatoms. The molecule has 0 N–H and O–H groups in total. The van der Waals surface area contributed by atoms with E-state index in [1.807, 2.05) is 62.4 Å². The van der Waals surface area contributed by atoms with Crippen molar-refractivity contribution in [3.63, 3.8) is 0 Å². The molecule has 0 unspecified atom stereocenters. The number of nitrogens with zero attached hydrogens (tertiary/aromatic N) is 1. The van der Waals surface area contributed by atoms with Crippen LogP contribution in [0.1, 0.15) is 39.2 Å². The first kappa shape index (κ1) is 23.3. The molecule has 0 saturated carbocycles. The predicted molar refractivity (Wildman–Crippen MR) is 114 cm³/mol. The smallest absolute Gasteiger partial charge is 0.305 e. The van der Waals surface area contributed by atoms with Crippen LogP contribution in [-0.4, -0.2) is 33.3 Å². The number of ether oxygens (including phenoxy) is 3. The summed E-state index contributed by atoms with van der Waals surface area (Å²) in [7, 11) is 3.07. The van der Waals surface area contributed by atoms with Crippen LogP contribution < -0.4 is 14.4 Å². The predicted octanol–water partition coefficient (Wildman–Crippen LogP) is 5.08. The van der Waals surface area contributed by atoms with Crippen LogP contribution in [0.3, 0.4) is 0 Å². The lowest BCUT2D eigenvalue weighted by Crippen LogP contribution is -2.25. The molecule has 5 nitrogen and oxygen atoms in total. The molecule has 28 heavy (non-hydrogen) atoms. The van der Waals surface area contributed by atoms with Crippen molar-refractivity contribution in [1.82, 2.24) is 0 Å². The minimum absolute atomic E-state index is 0.187. The minimum Gasteiger partial charge on any atom is -0.495 e. The van der Waals surface area contributed by atoms with Gasteiger partial charge in [0.25, 0.3) is 0 Å². The van der Waals surface area contributed by atoms with Crippen molar-refractivity contribution in [3.8, 4) is 11.5 Å². The molecule has 0 heterocycles. The van der Waals surface area contributed by atoms with E-state index in [0.29, 0.717) is 13.0 Å². The monoisotopic (exact) mass is 387 g/mol. The van der Waals surface area contributed by atoms with Gasteiger partial charge in [-0.15, -0.1) is 0 Å². The van der Waals surface area contributed by atoms with E-state index >= 15 is 0 Å². The summed E-state index contributed by atoms with van der Waals surface area (Å²) in [5, 5.41) is 0. The van der Waals surface area contributed by atoms with Gasteiger partial charge in [0.05, 0.1) is 19.9 Å². The first-order valence-electron chi connectivity index (χ1n) is 9.84. The second kappa shape index (κ2) is 13.5. The number of hydrogen-bond acceptors (Lipinski definition) is 5. The number of carbonyl (C=O) groups excluding carboxylic acids is 1. The van der Waals surface area contributed by atoms with E-state index in [4.69, 9.17) is 14.2 Å².